The molecule has 0 saturated heterocycles. The molecule has 2 aromatic carbocycles. The Balaban J connectivity index is 0.000000206. The fourth-order valence-corrected chi connectivity index (χ4v) is 4.51. The van der Waals surface area contributed by atoms with Gasteiger partial charge >= 0.3 is 0 Å². The maximum Gasteiger partial charge on any atom is 0.143 e. The van der Waals surface area contributed by atoms with Crippen LogP contribution in [0.2, 0.25) is 0 Å². The zero-order chi connectivity index (χ0) is 27.3. The quantitative estimate of drug-likeness (QED) is 0.217. The third kappa shape index (κ3) is 5.95. The number of benzene rings is 2. The topological polar surface area (TPSA) is 135 Å². The van der Waals surface area contributed by atoms with Crippen LogP contribution in [0.4, 0.5) is 11.4 Å². The number of aliphatic hydroxyl groups is 2. The van der Waals surface area contributed by atoms with Crippen molar-refractivity contribution in [2.24, 2.45) is 0 Å². The maximum atomic E-state index is 9.22. The van der Waals surface area contributed by atoms with Gasteiger partial charge in [0.05, 0.1) is 24.2 Å². The molecular weight excluding hydrogens is 470 g/mol. The van der Waals surface area contributed by atoms with E-state index in [0.29, 0.717) is 24.6 Å². The van der Waals surface area contributed by atoms with Crippen molar-refractivity contribution in [1.82, 2.24) is 14.5 Å². The lowest BCUT2D eigenvalue weighted by molar-refractivity contribution is 0.202. The monoisotopic (exact) mass is 511 g/mol. The van der Waals surface area contributed by atoms with E-state index in [1.54, 1.807) is 6.07 Å². The summed E-state index contributed by atoms with van der Waals surface area (Å²) in [4.78, 5) is 5.45. The summed E-state index contributed by atoms with van der Waals surface area (Å²) in [5.41, 5.74) is 20.0. The first-order chi connectivity index (χ1) is 17.6. The van der Waals surface area contributed by atoms with Crippen LogP contribution in [0.15, 0.2) is 24.3 Å². The van der Waals surface area contributed by atoms with Gasteiger partial charge in [-0.1, -0.05) is 0 Å². The Morgan fingerprint density at radius 3 is 2.08 bits per heavy atom. The summed E-state index contributed by atoms with van der Waals surface area (Å²) in [7, 11) is 4.07. The molecule has 4 rings (SSSR count). The molecule has 9 nitrogen and oxygen atoms in total. The molecule has 2 heterocycles. The van der Waals surface area contributed by atoms with Gasteiger partial charge in [-0.15, -0.1) is 0 Å². The number of hydrogen-bond donors (Lipinski definition) is 5. The number of rotatable bonds is 9. The first-order valence-corrected chi connectivity index (χ1v) is 12.5. The molecule has 202 valence electrons. The highest BCUT2D eigenvalue weighted by Gasteiger charge is 2.17. The van der Waals surface area contributed by atoms with Gasteiger partial charge in [0.25, 0.3) is 0 Å². The van der Waals surface area contributed by atoms with Gasteiger partial charge in [0.1, 0.15) is 24.7 Å². The molecule has 37 heavy (non-hydrogen) atoms. The fourth-order valence-electron chi connectivity index (χ4n) is 4.51. The zero-order valence-corrected chi connectivity index (χ0v) is 22.8. The van der Waals surface area contributed by atoms with Crippen LogP contribution < -0.4 is 20.9 Å². The van der Waals surface area contributed by atoms with Crippen molar-refractivity contribution in [3.63, 3.8) is 0 Å². The second-order valence-electron chi connectivity index (χ2n) is 9.46. The summed E-state index contributed by atoms with van der Waals surface area (Å²) in [6, 6.07) is 7.46. The number of aryl methyl sites for hydroxylation is 3. The Kier molecular flexibility index (Phi) is 9.31. The number of H-pyrrole nitrogens is 1. The van der Waals surface area contributed by atoms with Crippen LogP contribution in [0.3, 0.4) is 0 Å². The van der Waals surface area contributed by atoms with E-state index in [9.17, 15) is 5.11 Å². The average Bonchev–Trinajstić information content (AvgIpc) is 3.30. The van der Waals surface area contributed by atoms with Gasteiger partial charge in [-0.25, -0.2) is 0 Å². The molecule has 0 fully saturated rings. The Morgan fingerprint density at radius 1 is 0.838 bits per heavy atom. The molecular formula is C28H41N5O4. The second-order valence-corrected chi connectivity index (χ2v) is 9.46. The van der Waals surface area contributed by atoms with Crippen molar-refractivity contribution < 1.29 is 19.7 Å². The lowest BCUT2D eigenvalue weighted by atomic mass is 10.1. The minimum atomic E-state index is -0.0372. The molecule has 9 heteroatoms. The Hall–Kier alpha value is -3.40. The minimum absolute atomic E-state index is 0.0372. The van der Waals surface area contributed by atoms with Gasteiger partial charge in [0, 0.05) is 46.6 Å². The van der Waals surface area contributed by atoms with E-state index in [2.05, 4.69) is 23.7 Å². The molecule has 0 aliphatic heterocycles. The molecule has 4 aromatic rings. The number of fused-ring (bicyclic) bond motifs is 2. The number of nitrogens with zero attached hydrogens (tertiary/aromatic N) is 2. The van der Waals surface area contributed by atoms with Crippen LogP contribution in [-0.2, 0) is 6.54 Å². The van der Waals surface area contributed by atoms with Crippen LogP contribution in [0.1, 0.15) is 22.5 Å². The molecule has 0 aliphatic rings. The molecule has 0 saturated carbocycles. The Bertz CT molecular complexity index is 1360. The lowest BCUT2D eigenvalue weighted by Crippen LogP contribution is -2.19. The van der Waals surface area contributed by atoms with Crippen LogP contribution in [-0.4, -0.2) is 71.7 Å². The summed E-state index contributed by atoms with van der Waals surface area (Å²) in [5.74, 6) is 1.56. The van der Waals surface area contributed by atoms with Gasteiger partial charge in [-0.2, -0.15) is 0 Å². The number of nitrogens with two attached hydrogens (primary N) is 2. The summed E-state index contributed by atoms with van der Waals surface area (Å²) >= 11 is 0. The van der Waals surface area contributed by atoms with Crippen molar-refractivity contribution in [2.45, 2.75) is 34.2 Å². The van der Waals surface area contributed by atoms with Gasteiger partial charge < -0.3 is 45.6 Å². The van der Waals surface area contributed by atoms with Crippen molar-refractivity contribution in [3.8, 4) is 11.5 Å². The first kappa shape index (κ1) is 28.2. The van der Waals surface area contributed by atoms with Gasteiger partial charge in [-0.3, -0.25) is 0 Å². The van der Waals surface area contributed by atoms with E-state index in [1.807, 2.05) is 50.7 Å². The predicted octanol–water partition coefficient (Wildman–Crippen LogP) is 3.51. The molecule has 7 N–H and O–H groups in total. The molecule has 0 unspecified atom stereocenters. The highest BCUT2D eigenvalue weighted by molar-refractivity contribution is 5.99. The highest BCUT2D eigenvalue weighted by Crippen LogP contribution is 2.36. The first-order valence-electron chi connectivity index (χ1n) is 12.5. The van der Waals surface area contributed by atoms with Crippen LogP contribution in [0.5, 0.6) is 11.5 Å². The third-order valence-corrected chi connectivity index (χ3v) is 6.68. The Morgan fingerprint density at radius 2 is 1.46 bits per heavy atom. The van der Waals surface area contributed by atoms with Crippen molar-refractivity contribution >= 4 is 33.2 Å². The van der Waals surface area contributed by atoms with Crippen LogP contribution in [0.25, 0.3) is 21.8 Å². The van der Waals surface area contributed by atoms with Gasteiger partial charge in [0.15, 0.2) is 0 Å². The van der Waals surface area contributed by atoms with Crippen molar-refractivity contribution in [1.29, 1.82) is 0 Å². The number of nitrogen functional groups attached to an aromatic ring is 2. The molecule has 0 amide bonds. The van der Waals surface area contributed by atoms with Crippen LogP contribution in [0, 0.1) is 27.7 Å². The summed E-state index contributed by atoms with van der Waals surface area (Å²) in [6.45, 7) is 10.5. The average molecular weight is 512 g/mol. The number of hydrogen-bond acceptors (Lipinski definition) is 7. The molecule has 0 radical (unpaired) electrons. The van der Waals surface area contributed by atoms with E-state index < -0.39 is 0 Å². The Labute approximate surface area is 218 Å². The van der Waals surface area contributed by atoms with Gasteiger partial charge in [0.2, 0.25) is 0 Å². The number of aromatic nitrogens is 2. The number of aromatic amines is 1. The zero-order valence-electron chi connectivity index (χ0n) is 22.8. The number of likely N-dealkylation sites (N-methyl/N-ethyl adjacent to an activating group) is 1. The highest BCUT2D eigenvalue weighted by atomic mass is 16.5. The SMILES string of the molecule is Cc1[nH]c2c(OCCN(C)C)ccc(N)c2c1C.Cc1c(C)n(CCO)c2c(OCCO)ccc(N)c12. The minimum Gasteiger partial charge on any atom is -0.490 e. The fraction of sp³-hybridized carbons (Fsp3) is 0.429. The molecule has 2 aromatic heterocycles. The molecule has 0 spiro atoms. The molecule has 0 bridgehead atoms. The summed E-state index contributed by atoms with van der Waals surface area (Å²) < 4.78 is 13.4. The van der Waals surface area contributed by atoms with E-state index in [4.69, 9.17) is 26.0 Å². The number of anilines is 2. The number of nitrogens with one attached hydrogen (secondary N) is 1. The van der Waals surface area contributed by atoms with Crippen molar-refractivity contribution in [2.75, 3.05) is 58.5 Å². The van der Waals surface area contributed by atoms with Crippen LogP contribution >= 0.6 is 0 Å². The maximum absolute atomic E-state index is 9.22. The molecule has 0 aliphatic carbocycles. The smallest absolute Gasteiger partial charge is 0.143 e. The summed E-state index contributed by atoms with van der Waals surface area (Å²) in [5, 5.41) is 20.1. The lowest BCUT2D eigenvalue weighted by Gasteiger charge is -2.12. The third-order valence-electron chi connectivity index (χ3n) is 6.68. The van der Waals surface area contributed by atoms with E-state index in [1.165, 1.54) is 5.56 Å². The largest absolute Gasteiger partial charge is 0.490 e. The molecule has 0 atom stereocenters. The normalized spacial score (nSPS) is 11.3. The van der Waals surface area contributed by atoms with Gasteiger partial charge in [-0.05, 0) is 77.2 Å². The van der Waals surface area contributed by atoms with E-state index in [0.717, 1.165) is 56.7 Å². The number of ether oxygens (including phenoxy) is 2. The van der Waals surface area contributed by atoms with E-state index in [-0.39, 0.29) is 19.8 Å². The van der Waals surface area contributed by atoms with E-state index >= 15 is 0 Å². The van der Waals surface area contributed by atoms with Crippen molar-refractivity contribution in [3.05, 3.63) is 46.8 Å². The summed E-state index contributed by atoms with van der Waals surface area (Å²) in [6.07, 6.45) is 0. The predicted molar refractivity (Wildman–Crippen MR) is 152 cm³/mol. The second kappa shape index (κ2) is 12.2. The number of aliphatic hydroxyl groups excluding tert-OH is 2. The standard InChI is InChI=1S/C14H21N3O.C14H20N2O3/c1-9-10(2)16-14-12(18-8-7-17(3)4)6-5-11(15)13(9)14;1-9-10(2)16(5-6-17)14-12(19-8-7-18)4-3-11(15)13(9)14/h5-6,16H,7-8,15H2,1-4H3;3-4,17-18H,5-8,15H2,1-2H3.